The molecule has 0 aliphatic carbocycles. The van der Waals surface area contributed by atoms with Crippen molar-refractivity contribution in [1.29, 1.82) is 0 Å². The summed E-state index contributed by atoms with van der Waals surface area (Å²) in [6.45, 7) is 5.99. The molecule has 2 aromatic carbocycles. The molecule has 0 atom stereocenters. The molecule has 0 aliphatic rings. The number of ether oxygens (including phenoxy) is 1. The van der Waals surface area contributed by atoms with E-state index in [2.05, 4.69) is 25.8 Å². The highest BCUT2D eigenvalue weighted by Crippen LogP contribution is 2.23. The molecular formula is C22H23NO3. The number of aromatic amines is 1. The first-order valence-corrected chi connectivity index (χ1v) is 8.90. The number of ketones is 1. The van der Waals surface area contributed by atoms with Crippen LogP contribution in [-0.4, -0.2) is 23.3 Å². The van der Waals surface area contributed by atoms with Gasteiger partial charge in [0.05, 0.1) is 5.56 Å². The molecule has 0 spiro atoms. The third kappa shape index (κ3) is 3.54. The number of carbonyl (C=O) groups is 2. The van der Waals surface area contributed by atoms with Gasteiger partial charge in [-0.3, -0.25) is 4.79 Å². The molecule has 0 amide bonds. The fourth-order valence-corrected chi connectivity index (χ4v) is 3.04. The van der Waals surface area contributed by atoms with Crippen LogP contribution >= 0.6 is 0 Å². The second-order valence-corrected chi connectivity index (χ2v) is 6.67. The predicted molar refractivity (Wildman–Crippen MR) is 103 cm³/mol. The number of fused-ring (bicyclic) bond motifs is 1. The Hall–Kier alpha value is -2.88. The van der Waals surface area contributed by atoms with Crippen molar-refractivity contribution < 1.29 is 14.3 Å². The van der Waals surface area contributed by atoms with Crippen molar-refractivity contribution in [1.82, 2.24) is 4.98 Å². The summed E-state index contributed by atoms with van der Waals surface area (Å²) in [4.78, 5) is 27.8. The van der Waals surface area contributed by atoms with Gasteiger partial charge in [-0.15, -0.1) is 0 Å². The van der Waals surface area contributed by atoms with Gasteiger partial charge in [0, 0.05) is 22.7 Å². The number of benzene rings is 2. The van der Waals surface area contributed by atoms with E-state index in [1.807, 2.05) is 30.3 Å². The number of para-hydroxylation sites is 1. The predicted octanol–water partition coefficient (Wildman–Crippen LogP) is 4.89. The molecule has 0 fully saturated rings. The van der Waals surface area contributed by atoms with Gasteiger partial charge in [0.25, 0.3) is 0 Å². The quantitative estimate of drug-likeness (QED) is 0.509. The summed E-state index contributed by atoms with van der Waals surface area (Å²) in [5, 5.41) is 0.867. The van der Waals surface area contributed by atoms with Gasteiger partial charge in [-0.2, -0.15) is 0 Å². The highest BCUT2D eigenvalue weighted by Gasteiger charge is 2.16. The van der Waals surface area contributed by atoms with E-state index >= 15 is 0 Å². The average molecular weight is 349 g/mol. The molecule has 0 unspecified atom stereocenters. The van der Waals surface area contributed by atoms with E-state index in [-0.39, 0.29) is 12.4 Å². The lowest BCUT2D eigenvalue weighted by molar-refractivity contribution is 0.0475. The molecular weight excluding hydrogens is 326 g/mol. The smallest absolute Gasteiger partial charge is 0.338 e. The second-order valence-electron chi connectivity index (χ2n) is 6.67. The Kier molecular flexibility index (Phi) is 5.21. The van der Waals surface area contributed by atoms with E-state index in [0.717, 1.165) is 28.5 Å². The Morgan fingerprint density at radius 3 is 2.46 bits per heavy atom. The van der Waals surface area contributed by atoms with Crippen molar-refractivity contribution >= 4 is 22.7 Å². The fourth-order valence-electron chi connectivity index (χ4n) is 3.04. The van der Waals surface area contributed by atoms with Gasteiger partial charge in [0.15, 0.2) is 6.61 Å². The Morgan fingerprint density at radius 1 is 1.08 bits per heavy atom. The molecule has 1 heterocycles. The molecule has 0 saturated heterocycles. The van der Waals surface area contributed by atoms with Crippen molar-refractivity contribution in [2.24, 2.45) is 0 Å². The number of Topliss-reactive ketones (excluding diaryl/α,β-unsaturated/α-hetero) is 1. The Balaban J connectivity index is 1.70. The molecule has 0 aliphatic heterocycles. The lowest BCUT2D eigenvalue weighted by Crippen LogP contribution is -2.14. The molecule has 4 heteroatoms. The topological polar surface area (TPSA) is 59.2 Å². The Bertz CT molecular complexity index is 936. The van der Waals surface area contributed by atoms with Gasteiger partial charge >= 0.3 is 5.97 Å². The number of carbonyl (C=O) groups excluding carboxylic acids is 2. The van der Waals surface area contributed by atoms with Crippen LogP contribution in [-0.2, 0) is 11.2 Å². The van der Waals surface area contributed by atoms with Crippen LogP contribution in [0.25, 0.3) is 10.9 Å². The van der Waals surface area contributed by atoms with Crippen LogP contribution in [0, 0.1) is 0 Å². The maximum atomic E-state index is 12.5. The lowest BCUT2D eigenvalue weighted by Gasteiger charge is -2.07. The monoisotopic (exact) mass is 349 g/mol. The number of H-pyrrole nitrogens is 1. The van der Waals surface area contributed by atoms with Crippen molar-refractivity contribution in [3.63, 3.8) is 0 Å². The van der Waals surface area contributed by atoms with Crippen LogP contribution in [0.15, 0.2) is 48.7 Å². The first kappa shape index (κ1) is 17.9. The number of rotatable bonds is 6. The summed E-state index contributed by atoms with van der Waals surface area (Å²) >= 11 is 0. The van der Waals surface area contributed by atoms with Gasteiger partial charge < -0.3 is 9.72 Å². The Labute approximate surface area is 153 Å². The minimum Gasteiger partial charge on any atom is -0.454 e. The van der Waals surface area contributed by atoms with Gasteiger partial charge in [-0.25, -0.2) is 4.79 Å². The first-order valence-electron chi connectivity index (χ1n) is 8.90. The summed E-state index contributed by atoms with van der Waals surface area (Å²) in [6.07, 6.45) is 2.57. The van der Waals surface area contributed by atoms with Crippen LogP contribution in [0.2, 0.25) is 0 Å². The molecule has 1 aromatic heterocycles. The van der Waals surface area contributed by atoms with E-state index in [0.29, 0.717) is 17.0 Å². The van der Waals surface area contributed by atoms with Gasteiger partial charge in [0.1, 0.15) is 0 Å². The normalized spacial score (nSPS) is 11.1. The molecule has 1 N–H and O–H groups in total. The maximum Gasteiger partial charge on any atom is 0.338 e. The van der Waals surface area contributed by atoms with Crippen LogP contribution in [0.1, 0.15) is 58.5 Å². The number of nitrogens with one attached hydrogen (secondary N) is 1. The third-order valence-electron chi connectivity index (χ3n) is 4.63. The molecule has 0 radical (unpaired) electrons. The minimum atomic E-state index is -0.484. The van der Waals surface area contributed by atoms with Crippen LogP contribution < -0.4 is 0 Å². The SMILES string of the molecule is CCc1cccc2c(C(=O)COC(=O)c3ccc(C(C)C)cc3)c[nH]c12. The van der Waals surface area contributed by atoms with E-state index in [4.69, 9.17) is 4.74 Å². The zero-order chi connectivity index (χ0) is 18.7. The molecule has 3 rings (SSSR count). The highest BCUT2D eigenvalue weighted by molar-refractivity contribution is 6.09. The van der Waals surface area contributed by atoms with Crippen LogP contribution in [0.3, 0.4) is 0 Å². The number of hydrogen-bond acceptors (Lipinski definition) is 3. The second kappa shape index (κ2) is 7.56. The zero-order valence-electron chi connectivity index (χ0n) is 15.3. The van der Waals surface area contributed by atoms with Crippen molar-refractivity contribution in [3.8, 4) is 0 Å². The Morgan fingerprint density at radius 2 is 1.81 bits per heavy atom. The summed E-state index contributed by atoms with van der Waals surface area (Å²) in [5.74, 6) is -0.295. The van der Waals surface area contributed by atoms with Crippen LogP contribution in [0.5, 0.6) is 0 Å². The molecule has 3 aromatic rings. The van der Waals surface area contributed by atoms with Crippen molar-refractivity contribution in [2.45, 2.75) is 33.1 Å². The minimum absolute atomic E-state index is 0.211. The van der Waals surface area contributed by atoms with E-state index in [9.17, 15) is 9.59 Å². The van der Waals surface area contributed by atoms with Gasteiger partial charge in [-0.05, 0) is 35.6 Å². The van der Waals surface area contributed by atoms with Gasteiger partial charge in [-0.1, -0.05) is 51.1 Å². The zero-order valence-corrected chi connectivity index (χ0v) is 15.3. The summed E-state index contributed by atoms with van der Waals surface area (Å²) < 4.78 is 5.22. The molecule has 4 nitrogen and oxygen atoms in total. The summed E-state index contributed by atoms with van der Waals surface area (Å²) in [5.41, 5.74) is 4.29. The largest absolute Gasteiger partial charge is 0.454 e. The number of esters is 1. The van der Waals surface area contributed by atoms with E-state index in [1.54, 1.807) is 18.3 Å². The van der Waals surface area contributed by atoms with Gasteiger partial charge in [0.2, 0.25) is 5.78 Å². The van der Waals surface area contributed by atoms with E-state index in [1.165, 1.54) is 0 Å². The standard InChI is InChI=1S/C22H23NO3/c1-4-15-6-5-7-18-19(12-23-21(15)18)20(24)13-26-22(25)17-10-8-16(9-11-17)14(2)3/h5-12,14,23H,4,13H2,1-3H3. The third-order valence-corrected chi connectivity index (χ3v) is 4.63. The van der Waals surface area contributed by atoms with E-state index < -0.39 is 5.97 Å². The summed E-state index contributed by atoms with van der Waals surface area (Å²) in [6, 6.07) is 13.2. The number of aryl methyl sites for hydroxylation is 1. The molecule has 0 bridgehead atoms. The number of hydrogen-bond donors (Lipinski definition) is 1. The average Bonchev–Trinajstić information content (AvgIpc) is 3.10. The van der Waals surface area contributed by atoms with Crippen LogP contribution in [0.4, 0.5) is 0 Å². The highest BCUT2D eigenvalue weighted by atomic mass is 16.5. The number of aromatic nitrogens is 1. The molecule has 0 saturated carbocycles. The first-order chi connectivity index (χ1) is 12.5. The fraction of sp³-hybridized carbons (Fsp3) is 0.273. The molecule has 134 valence electrons. The van der Waals surface area contributed by atoms with Crippen molar-refractivity contribution in [2.75, 3.05) is 6.61 Å². The summed E-state index contributed by atoms with van der Waals surface area (Å²) in [7, 11) is 0. The van der Waals surface area contributed by atoms with Crippen molar-refractivity contribution in [3.05, 3.63) is 70.9 Å². The molecule has 26 heavy (non-hydrogen) atoms. The lowest BCUT2D eigenvalue weighted by atomic mass is 10.0. The maximum absolute atomic E-state index is 12.5.